The third-order valence-corrected chi connectivity index (χ3v) is 5.01. The van der Waals surface area contributed by atoms with Crippen molar-refractivity contribution in [2.75, 3.05) is 19.8 Å². The van der Waals surface area contributed by atoms with Gasteiger partial charge in [0.2, 0.25) is 0 Å². The first-order chi connectivity index (χ1) is 12.2. The molecule has 0 bridgehead atoms. The number of aliphatic hydroxyl groups excluding tert-OH is 1. The number of hydrogen-bond acceptors (Lipinski definition) is 2. The van der Waals surface area contributed by atoms with Gasteiger partial charge in [-0.2, -0.15) is 0 Å². The third-order valence-electron chi connectivity index (χ3n) is 5.01. The second-order valence-electron chi connectivity index (χ2n) is 6.52. The number of aromatic amines is 1. The molecule has 4 rings (SSSR count). The molecule has 0 aliphatic heterocycles. The first kappa shape index (κ1) is 16.1. The number of rotatable bonds is 5. The molecule has 2 N–H and O–H groups in total. The number of para-hydroxylation sites is 1. The first-order valence-corrected chi connectivity index (χ1v) is 8.71. The van der Waals surface area contributed by atoms with Crippen LogP contribution in [0, 0.1) is 13.8 Å². The van der Waals surface area contributed by atoms with Crippen LogP contribution in [0.1, 0.15) is 11.1 Å². The monoisotopic (exact) mass is 335 g/mol. The highest BCUT2D eigenvalue weighted by molar-refractivity contribution is 6.16. The van der Waals surface area contributed by atoms with Gasteiger partial charge in [-0.05, 0) is 36.4 Å². The van der Waals surface area contributed by atoms with Gasteiger partial charge in [0, 0.05) is 27.7 Å². The molecule has 4 aromatic rings. The second-order valence-corrected chi connectivity index (χ2v) is 6.52. The molecule has 2 aromatic heterocycles. The Hall–Kier alpha value is -2.43. The molecule has 25 heavy (non-hydrogen) atoms. The molecule has 0 aliphatic rings. The topological polar surface area (TPSA) is 49.1 Å². The molecular weight excluding hydrogens is 312 g/mol. The van der Waals surface area contributed by atoms with Crippen LogP contribution in [0.25, 0.3) is 32.6 Å². The van der Waals surface area contributed by atoms with Crippen molar-refractivity contribution in [2.24, 2.45) is 0 Å². The first-order valence-electron chi connectivity index (χ1n) is 8.71. The molecule has 0 aliphatic carbocycles. The van der Waals surface area contributed by atoms with Gasteiger partial charge >= 0.3 is 0 Å². The Morgan fingerprint density at radius 2 is 1.84 bits per heavy atom. The molecule has 0 amide bonds. The van der Waals surface area contributed by atoms with Gasteiger partial charge in [0.15, 0.2) is 18.9 Å². The van der Waals surface area contributed by atoms with Crippen LogP contribution in [0.4, 0.5) is 0 Å². The van der Waals surface area contributed by atoms with Crippen molar-refractivity contribution in [3.05, 3.63) is 53.9 Å². The van der Waals surface area contributed by atoms with Gasteiger partial charge in [-0.1, -0.05) is 18.2 Å². The number of ether oxygens (including phenoxy) is 1. The summed E-state index contributed by atoms with van der Waals surface area (Å²) in [4.78, 5) is 3.59. The highest BCUT2D eigenvalue weighted by atomic mass is 16.5. The number of aliphatic hydroxyl groups is 1. The van der Waals surface area contributed by atoms with Crippen LogP contribution in [-0.2, 0) is 11.3 Å². The zero-order valence-electron chi connectivity index (χ0n) is 14.7. The zero-order chi connectivity index (χ0) is 17.4. The van der Waals surface area contributed by atoms with Crippen molar-refractivity contribution in [1.29, 1.82) is 0 Å². The quantitative estimate of drug-likeness (QED) is 0.434. The SMILES string of the molecule is Cc1c2cc[n+](CCOCCO)cc2c(C)c2c1[nH]c1ccccc12. The van der Waals surface area contributed by atoms with Crippen molar-refractivity contribution in [3.8, 4) is 0 Å². The minimum atomic E-state index is 0.0687. The Labute approximate surface area is 146 Å². The molecule has 0 radical (unpaired) electrons. The third kappa shape index (κ3) is 2.68. The van der Waals surface area contributed by atoms with Gasteiger partial charge in [0.05, 0.1) is 18.7 Å². The number of hydrogen-bond donors (Lipinski definition) is 2. The number of aryl methyl sites for hydroxylation is 2. The maximum atomic E-state index is 8.80. The molecular formula is C21H23N2O2+. The minimum absolute atomic E-state index is 0.0687. The highest BCUT2D eigenvalue weighted by Crippen LogP contribution is 2.35. The second kappa shape index (κ2) is 6.47. The summed E-state index contributed by atoms with van der Waals surface area (Å²) in [6.07, 6.45) is 4.31. The van der Waals surface area contributed by atoms with Crippen LogP contribution in [0.3, 0.4) is 0 Å². The fourth-order valence-electron chi connectivity index (χ4n) is 3.72. The van der Waals surface area contributed by atoms with Crippen LogP contribution in [0.15, 0.2) is 42.7 Å². The lowest BCUT2D eigenvalue weighted by Crippen LogP contribution is -2.35. The van der Waals surface area contributed by atoms with Crippen LogP contribution < -0.4 is 4.57 Å². The van der Waals surface area contributed by atoms with Crippen molar-refractivity contribution in [3.63, 3.8) is 0 Å². The number of benzene rings is 2. The average Bonchev–Trinajstić information content (AvgIpc) is 3.03. The van der Waals surface area contributed by atoms with Gasteiger partial charge in [0.25, 0.3) is 0 Å². The molecule has 0 spiro atoms. The van der Waals surface area contributed by atoms with Crippen molar-refractivity contribution in [1.82, 2.24) is 4.98 Å². The molecule has 0 fully saturated rings. The van der Waals surface area contributed by atoms with E-state index in [0.29, 0.717) is 13.2 Å². The lowest BCUT2D eigenvalue weighted by Gasteiger charge is -2.08. The van der Waals surface area contributed by atoms with Crippen LogP contribution >= 0.6 is 0 Å². The summed E-state index contributed by atoms with van der Waals surface area (Å²) in [5, 5.41) is 14.0. The maximum Gasteiger partial charge on any atom is 0.177 e. The summed E-state index contributed by atoms with van der Waals surface area (Å²) in [6.45, 7) is 6.23. The molecule has 0 saturated heterocycles. The van der Waals surface area contributed by atoms with Gasteiger partial charge in [-0.25, -0.2) is 4.57 Å². The Bertz CT molecular complexity index is 1070. The van der Waals surface area contributed by atoms with E-state index in [1.165, 1.54) is 43.7 Å². The molecule has 4 heteroatoms. The summed E-state index contributed by atoms with van der Waals surface area (Å²) >= 11 is 0. The maximum absolute atomic E-state index is 8.80. The Balaban J connectivity index is 1.88. The van der Waals surface area contributed by atoms with E-state index in [4.69, 9.17) is 9.84 Å². The molecule has 4 nitrogen and oxygen atoms in total. The van der Waals surface area contributed by atoms with E-state index in [1.807, 2.05) is 0 Å². The van der Waals surface area contributed by atoms with E-state index < -0.39 is 0 Å². The number of nitrogens with one attached hydrogen (secondary N) is 1. The largest absolute Gasteiger partial charge is 0.394 e. The van der Waals surface area contributed by atoms with E-state index >= 15 is 0 Å². The van der Waals surface area contributed by atoms with Crippen LogP contribution in [0.2, 0.25) is 0 Å². The lowest BCUT2D eigenvalue weighted by atomic mass is 9.97. The number of aromatic nitrogens is 2. The fraction of sp³-hybridized carbons (Fsp3) is 0.286. The smallest absolute Gasteiger partial charge is 0.177 e. The molecule has 2 heterocycles. The highest BCUT2D eigenvalue weighted by Gasteiger charge is 2.16. The summed E-state index contributed by atoms with van der Waals surface area (Å²) in [5.74, 6) is 0. The summed E-state index contributed by atoms with van der Waals surface area (Å²) < 4.78 is 7.55. The van der Waals surface area contributed by atoms with Gasteiger partial charge in [-0.15, -0.1) is 0 Å². The van der Waals surface area contributed by atoms with Crippen molar-refractivity contribution < 1.29 is 14.4 Å². The average molecular weight is 335 g/mol. The summed E-state index contributed by atoms with van der Waals surface area (Å²) in [6, 6.07) is 10.7. The summed E-state index contributed by atoms with van der Waals surface area (Å²) in [7, 11) is 0. The predicted octanol–water partition coefficient (Wildman–Crippen LogP) is 3.39. The van der Waals surface area contributed by atoms with Gasteiger partial charge in [0.1, 0.15) is 6.61 Å². The number of pyridine rings is 1. The zero-order valence-corrected chi connectivity index (χ0v) is 14.7. The lowest BCUT2D eigenvalue weighted by molar-refractivity contribution is -0.697. The Morgan fingerprint density at radius 1 is 1.00 bits per heavy atom. The fourth-order valence-corrected chi connectivity index (χ4v) is 3.72. The minimum Gasteiger partial charge on any atom is -0.394 e. The molecule has 2 aromatic carbocycles. The Kier molecular flexibility index (Phi) is 4.15. The summed E-state index contributed by atoms with van der Waals surface area (Å²) in [5.41, 5.74) is 5.01. The van der Waals surface area contributed by atoms with Gasteiger partial charge in [-0.3, -0.25) is 0 Å². The molecule has 128 valence electrons. The number of fused-ring (bicyclic) bond motifs is 4. The van der Waals surface area contributed by atoms with E-state index in [9.17, 15) is 0 Å². The van der Waals surface area contributed by atoms with E-state index in [2.05, 4.69) is 66.1 Å². The van der Waals surface area contributed by atoms with Crippen LogP contribution in [-0.4, -0.2) is 29.9 Å². The van der Waals surface area contributed by atoms with Crippen molar-refractivity contribution >= 4 is 32.6 Å². The molecule has 0 atom stereocenters. The Morgan fingerprint density at radius 3 is 2.68 bits per heavy atom. The van der Waals surface area contributed by atoms with E-state index in [-0.39, 0.29) is 6.61 Å². The number of H-pyrrole nitrogens is 1. The van der Waals surface area contributed by atoms with E-state index in [0.717, 1.165) is 6.54 Å². The predicted molar refractivity (Wildman–Crippen MR) is 101 cm³/mol. The standard InChI is InChI=1S/C21H22N2O2/c1-14-18-13-23(9-11-25-12-10-24)8-7-16(18)15(2)21-20(14)17-5-3-4-6-19(17)22-21/h3-8,13,24H,9-12H2,1-2H3/p+1. The molecule has 0 unspecified atom stereocenters. The normalized spacial score (nSPS) is 11.8. The van der Waals surface area contributed by atoms with E-state index in [1.54, 1.807) is 0 Å². The number of nitrogens with zero attached hydrogens (tertiary/aromatic N) is 1. The van der Waals surface area contributed by atoms with Gasteiger partial charge < -0.3 is 14.8 Å². The van der Waals surface area contributed by atoms with Crippen LogP contribution in [0.5, 0.6) is 0 Å². The molecule has 0 saturated carbocycles. The van der Waals surface area contributed by atoms with Crippen molar-refractivity contribution in [2.45, 2.75) is 20.4 Å².